The van der Waals surface area contributed by atoms with Gasteiger partial charge in [0.2, 0.25) is 11.8 Å². The van der Waals surface area contributed by atoms with Crippen LogP contribution in [-0.4, -0.2) is 51.0 Å². The first-order valence-corrected chi connectivity index (χ1v) is 16.3. The molecule has 1 N–H and O–H groups in total. The smallest absolute Gasteiger partial charge is 0.410 e. The largest absolute Gasteiger partial charge is 0.473 e. The maximum absolute atomic E-state index is 12.6. The Hall–Kier alpha value is -5.05. The van der Waals surface area contributed by atoms with Gasteiger partial charge in [0.1, 0.15) is 24.5 Å². The molecule has 0 saturated carbocycles. The SMILES string of the molecule is Cn1nc(-c2ccc(OCc3ccccc3)nc2OCc2ccccc2)c2ccc(NC[C@H]3CCCN(C(=O)OC(C)(C)C)C3)cc21. The van der Waals surface area contributed by atoms with Gasteiger partial charge in [0.05, 0.1) is 11.1 Å². The van der Waals surface area contributed by atoms with Gasteiger partial charge in [-0.1, -0.05) is 60.7 Å². The monoisotopic (exact) mass is 633 g/mol. The predicted octanol–water partition coefficient (Wildman–Crippen LogP) is 7.85. The van der Waals surface area contributed by atoms with Crippen LogP contribution >= 0.6 is 0 Å². The second kappa shape index (κ2) is 14.2. The molecule has 9 nitrogen and oxygen atoms in total. The van der Waals surface area contributed by atoms with E-state index in [2.05, 4.69) is 23.5 Å². The number of pyridine rings is 1. The Morgan fingerprint density at radius 1 is 0.915 bits per heavy atom. The molecule has 1 aliphatic rings. The molecule has 0 spiro atoms. The van der Waals surface area contributed by atoms with E-state index in [4.69, 9.17) is 24.3 Å². The lowest BCUT2D eigenvalue weighted by Gasteiger charge is -2.34. The topological polar surface area (TPSA) is 90.7 Å². The summed E-state index contributed by atoms with van der Waals surface area (Å²) in [5.74, 6) is 1.29. The molecule has 0 bridgehead atoms. The molecule has 1 amide bonds. The van der Waals surface area contributed by atoms with E-state index in [0.717, 1.165) is 64.9 Å². The number of aromatic nitrogens is 3. The zero-order valence-electron chi connectivity index (χ0n) is 27.6. The average molecular weight is 634 g/mol. The van der Waals surface area contributed by atoms with Crippen molar-refractivity contribution in [3.63, 3.8) is 0 Å². The average Bonchev–Trinajstić information content (AvgIpc) is 3.41. The van der Waals surface area contributed by atoms with Gasteiger partial charge >= 0.3 is 6.09 Å². The number of aryl methyl sites for hydroxylation is 1. The number of likely N-dealkylation sites (tertiary alicyclic amines) is 1. The minimum Gasteiger partial charge on any atom is -0.473 e. The van der Waals surface area contributed by atoms with Crippen LogP contribution in [0.25, 0.3) is 22.2 Å². The van der Waals surface area contributed by atoms with E-state index in [1.807, 2.05) is 110 Å². The summed E-state index contributed by atoms with van der Waals surface area (Å²) in [6, 6.07) is 30.2. The number of amides is 1. The quantitative estimate of drug-likeness (QED) is 0.168. The minimum atomic E-state index is -0.497. The third-order valence-electron chi connectivity index (χ3n) is 8.15. The Bertz CT molecular complexity index is 1800. The number of fused-ring (bicyclic) bond motifs is 1. The summed E-state index contributed by atoms with van der Waals surface area (Å²) in [4.78, 5) is 19.3. The van der Waals surface area contributed by atoms with Crippen LogP contribution in [0.15, 0.2) is 91.0 Å². The number of nitrogens with one attached hydrogen (secondary N) is 1. The zero-order valence-corrected chi connectivity index (χ0v) is 27.6. The van der Waals surface area contributed by atoms with Crippen LogP contribution in [0.3, 0.4) is 0 Å². The van der Waals surface area contributed by atoms with Crippen LogP contribution in [0, 0.1) is 5.92 Å². The molecule has 0 aliphatic carbocycles. The third-order valence-corrected chi connectivity index (χ3v) is 8.15. The number of benzene rings is 3. The number of nitrogens with zero attached hydrogens (tertiary/aromatic N) is 4. The van der Waals surface area contributed by atoms with Gasteiger partial charge in [-0.15, -0.1) is 0 Å². The summed E-state index contributed by atoms with van der Waals surface area (Å²) >= 11 is 0. The maximum Gasteiger partial charge on any atom is 0.410 e. The molecule has 1 saturated heterocycles. The lowest BCUT2D eigenvalue weighted by atomic mass is 9.98. The van der Waals surface area contributed by atoms with Crippen LogP contribution in [0.2, 0.25) is 0 Å². The van der Waals surface area contributed by atoms with Gasteiger partial charge in [0.25, 0.3) is 0 Å². The molecule has 1 fully saturated rings. The molecule has 0 unspecified atom stereocenters. The van der Waals surface area contributed by atoms with E-state index in [-0.39, 0.29) is 6.09 Å². The van der Waals surface area contributed by atoms with Crippen LogP contribution in [-0.2, 0) is 25.0 Å². The molecule has 0 radical (unpaired) electrons. The fraction of sp³-hybridized carbons (Fsp3) is 0.342. The normalized spacial score (nSPS) is 15.0. The van der Waals surface area contributed by atoms with Crippen molar-refractivity contribution in [1.82, 2.24) is 19.7 Å². The first-order valence-electron chi connectivity index (χ1n) is 16.3. The molecule has 5 aromatic rings. The van der Waals surface area contributed by atoms with E-state index in [1.54, 1.807) is 0 Å². The van der Waals surface area contributed by atoms with Crippen molar-refractivity contribution in [2.75, 3.05) is 25.0 Å². The van der Waals surface area contributed by atoms with E-state index in [1.165, 1.54) is 0 Å². The van der Waals surface area contributed by atoms with Gasteiger partial charge < -0.3 is 24.4 Å². The molecular weight excluding hydrogens is 590 g/mol. The summed E-state index contributed by atoms with van der Waals surface area (Å²) in [5, 5.41) is 9.52. The maximum atomic E-state index is 12.6. The Kier molecular flexibility index (Phi) is 9.61. The third kappa shape index (κ3) is 8.22. The van der Waals surface area contributed by atoms with Crippen LogP contribution in [0.4, 0.5) is 10.5 Å². The number of carbonyl (C=O) groups excluding carboxylic acids is 1. The Morgan fingerprint density at radius 3 is 2.32 bits per heavy atom. The van der Waals surface area contributed by atoms with Crippen LogP contribution < -0.4 is 14.8 Å². The second-order valence-corrected chi connectivity index (χ2v) is 13.1. The summed E-state index contributed by atoms with van der Waals surface area (Å²) in [7, 11) is 1.95. The molecule has 47 heavy (non-hydrogen) atoms. The molecule has 244 valence electrons. The standard InChI is InChI=1S/C38H43N5O4/c1-38(2,3)47-37(44)43-21-11-16-29(24-43)23-39-30-17-18-31-33(22-30)42(4)41-35(31)32-19-20-34(45-25-27-12-7-5-8-13-27)40-36(32)46-26-28-14-9-6-10-15-28/h5-10,12-15,17-20,22,29,39H,11,16,21,23-26H2,1-4H3/t29-/m1/s1. The Labute approximate surface area is 276 Å². The summed E-state index contributed by atoms with van der Waals surface area (Å²) in [5.41, 5.74) is 5.19. The number of anilines is 1. The second-order valence-electron chi connectivity index (χ2n) is 13.1. The first kappa shape index (κ1) is 31.9. The van der Waals surface area contributed by atoms with E-state index in [0.29, 0.717) is 37.4 Å². The number of piperidine rings is 1. The fourth-order valence-corrected chi connectivity index (χ4v) is 5.80. The van der Waals surface area contributed by atoms with Crippen molar-refractivity contribution >= 4 is 22.7 Å². The van der Waals surface area contributed by atoms with E-state index < -0.39 is 5.60 Å². The molecule has 3 heterocycles. The summed E-state index contributed by atoms with van der Waals surface area (Å²) < 4.78 is 19.9. The number of hydrogen-bond acceptors (Lipinski definition) is 7. The van der Waals surface area contributed by atoms with Gasteiger partial charge in [0.15, 0.2) is 0 Å². The van der Waals surface area contributed by atoms with Crippen molar-refractivity contribution in [1.29, 1.82) is 0 Å². The molecule has 1 aliphatic heterocycles. The van der Waals surface area contributed by atoms with Gasteiger partial charge in [-0.05, 0) is 74.9 Å². The van der Waals surface area contributed by atoms with Crippen molar-refractivity contribution in [3.8, 4) is 23.0 Å². The highest BCUT2D eigenvalue weighted by molar-refractivity contribution is 5.96. The van der Waals surface area contributed by atoms with Crippen molar-refractivity contribution < 1.29 is 19.0 Å². The van der Waals surface area contributed by atoms with Crippen molar-refractivity contribution in [2.24, 2.45) is 13.0 Å². The fourth-order valence-electron chi connectivity index (χ4n) is 5.80. The molecular formula is C38H43N5O4. The lowest BCUT2D eigenvalue weighted by molar-refractivity contribution is 0.0172. The number of ether oxygens (including phenoxy) is 3. The molecule has 3 aromatic carbocycles. The van der Waals surface area contributed by atoms with Crippen molar-refractivity contribution in [3.05, 3.63) is 102 Å². The van der Waals surface area contributed by atoms with Gasteiger partial charge in [-0.25, -0.2) is 4.79 Å². The Morgan fingerprint density at radius 2 is 1.62 bits per heavy atom. The van der Waals surface area contributed by atoms with Crippen LogP contribution in [0.5, 0.6) is 11.8 Å². The highest BCUT2D eigenvalue weighted by Crippen LogP contribution is 2.36. The van der Waals surface area contributed by atoms with Gasteiger partial charge in [-0.2, -0.15) is 10.1 Å². The number of hydrogen-bond donors (Lipinski definition) is 1. The number of carbonyl (C=O) groups is 1. The van der Waals surface area contributed by atoms with E-state index >= 15 is 0 Å². The summed E-state index contributed by atoms with van der Waals surface area (Å²) in [6.07, 6.45) is 1.80. The highest BCUT2D eigenvalue weighted by atomic mass is 16.6. The minimum absolute atomic E-state index is 0.233. The molecule has 1 atom stereocenters. The summed E-state index contributed by atoms with van der Waals surface area (Å²) in [6.45, 7) is 8.67. The lowest BCUT2D eigenvalue weighted by Crippen LogP contribution is -2.44. The van der Waals surface area contributed by atoms with Gasteiger partial charge in [-0.3, -0.25) is 4.68 Å². The zero-order chi connectivity index (χ0) is 32.8. The molecule has 6 rings (SSSR count). The van der Waals surface area contributed by atoms with E-state index in [9.17, 15) is 4.79 Å². The first-order chi connectivity index (χ1) is 22.7. The number of rotatable bonds is 10. The van der Waals surface area contributed by atoms with Crippen molar-refractivity contribution in [2.45, 2.75) is 52.4 Å². The Balaban J connectivity index is 1.20. The van der Waals surface area contributed by atoms with Gasteiger partial charge in [0, 0.05) is 43.8 Å². The molecule has 9 heteroatoms. The molecule has 2 aromatic heterocycles. The highest BCUT2D eigenvalue weighted by Gasteiger charge is 2.27. The van der Waals surface area contributed by atoms with Crippen LogP contribution in [0.1, 0.15) is 44.7 Å². The predicted molar refractivity (Wildman–Crippen MR) is 185 cm³/mol.